The van der Waals surface area contributed by atoms with E-state index in [4.69, 9.17) is 10.5 Å². The Balaban J connectivity index is 2.67. The molecule has 1 aromatic carbocycles. The first-order chi connectivity index (χ1) is 8.45. The lowest BCUT2D eigenvalue weighted by molar-refractivity contribution is -0.118. The fraction of sp³-hybridized carbons (Fsp3) is 0.500. The van der Waals surface area contributed by atoms with Gasteiger partial charge in [-0.1, -0.05) is 13.8 Å². The number of nitrogens with two attached hydrogens (primary N) is 1. The van der Waals surface area contributed by atoms with Crippen LogP contribution in [0.1, 0.15) is 20.3 Å². The van der Waals surface area contributed by atoms with Gasteiger partial charge in [0.2, 0.25) is 5.91 Å². The van der Waals surface area contributed by atoms with Crippen molar-refractivity contribution >= 4 is 11.6 Å². The third-order valence-electron chi connectivity index (χ3n) is 3.10. The van der Waals surface area contributed by atoms with Crippen molar-refractivity contribution in [1.82, 2.24) is 0 Å². The summed E-state index contributed by atoms with van der Waals surface area (Å²) in [6, 6.07) is 7.29. The van der Waals surface area contributed by atoms with E-state index in [1.54, 1.807) is 19.1 Å². The first-order valence-electron chi connectivity index (χ1n) is 6.12. The predicted molar refractivity (Wildman–Crippen MR) is 73.8 cm³/mol. The molecule has 0 aromatic heterocycles. The van der Waals surface area contributed by atoms with E-state index in [1.165, 1.54) is 0 Å². The number of ether oxygens (including phenoxy) is 1. The molecule has 2 N–H and O–H groups in total. The number of anilines is 1. The van der Waals surface area contributed by atoms with E-state index in [0.29, 0.717) is 12.3 Å². The number of benzene rings is 1. The molecule has 1 unspecified atom stereocenters. The molecule has 0 heterocycles. The van der Waals surface area contributed by atoms with Crippen LogP contribution in [0.2, 0.25) is 0 Å². The number of amides is 1. The van der Waals surface area contributed by atoms with Gasteiger partial charge in [-0.25, -0.2) is 0 Å². The van der Waals surface area contributed by atoms with Crippen LogP contribution in [0.3, 0.4) is 0 Å². The Bertz CT molecular complexity index is 387. The van der Waals surface area contributed by atoms with Gasteiger partial charge < -0.3 is 15.4 Å². The van der Waals surface area contributed by atoms with E-state index < -0.39 is 0 Å². The van der Waals surface area contributed by atoms with Crippen molar-refractivity contribution in [2.24, 2.45) is 11.7 Å². The number of nitrogens with zero attached hydrogens (tertiary/aromatic N) is 1. The Kier molecular flexibility index (Phi) is 5.16. The van der Waals surface area contributed by atoms with Crippen LogP contribution >= 0.6 is 0 Å². The van der Waals surface area contributed by atoms with Gasteiger partial charge in [-0.3, -0.25) is 4.79 Å². The van der Waals surface area contributed by atoms with Gasteiger partial charge in [-0.05, 0) is 30.2 Å². The number of rotatable bonds is 5. The topological polar surface area (TPSA) is 55.6 Å². The summed E-state index contributed by atoms with van der Waals surface area (Å²) in [5.74, 6) is 1.11. The SMILES string of the molecule is COc1ccc(N(C)C(=O)CC(N)C(C)C)cc1. The van der Waals surface area contributed by atoms with Crippen LogP contribution in [-0.4, -0.2) is 26.1 Å². The Labute approximate surface area is 109 Å². The van der Waals surface area contributed by atoms with Crippen molar-refractivity contribution in [2.75, 3.05) is 19.1 Å². The van der Waals surface area contributed by atoms with Crippen LogP contribution in [0.4, 0.5) is 5.69 Å². The number of hydrogen-bond donors (Lipinski definition) is 1. The summed E-state index contributed by atoms with van der Waals surface area (Å²) in [7, 11) is 3.38. The second-order valence-electron chi connectivity index (χ2n) is 4.76. The Hall–Kier alpha value is -1.55. The lowest BCUT2D eigenvalue weighted by atomic mass is 10.0. The van der Waals surface area contributed by atoms with Crippen LogP contribution in [0.5, 0.6) is 5.75 Å². The van der Waals surface area contributed by atoms with Crippen molar-refractivity contribution in [3.63, 3.8) is 0 Å². The maximum absolute atomic E-state index is 12.0. The van der Waals surface area contributed by atoms with Crippen LogP contribution in [-0.2, 0) is 4.79 Å². The molecule has 1 rings (SSSR count). The lowest BCUT2D eigenvalue weighted by Crippen LogP contribution is -2.36. The summed E-state index contributed by atoms with van der Waals surface area (Å²) in [6.07, 6.45) is 0.361. The molecule has 0 fully saturated rings. The fourth-order valence-electron chi connectivity index (χ4n) is 1.52. The number of carbonyl (C=O) groups excluding carboxylic acids is 1. The van der Waals surface area contributed by atoms with Gasteiger partial charge in [0.1, 0.15) is 5.75 Å². The molecule has 0 radical (unpaired) electrons. The van der Waals surface area contributed by atoms with Gasteiger partial charge in [0.15, 0.2) is 0 Å². The normalized spacial score (nSPS) is 12.3. The molecule has 0 saturated carbocycles. The second-order valence-corrected chi connectivity index (χ2v) is 4.76. The zero-order valence-corrected chi connectivity index (χ0v) is 11.5. The second kappa shape index (κ2) is 6.40. The summed E-state index contributed by atoms with van der Waals surface area (Å²) < 4.78 is 5.08. The van der Waals surface area contributed by atoms with E-state index in [-0.39, 0.29) is 11.9 Å². The minimum absolute atomic E-state index is 0.0290. The molecule has 0 aliphatic carbocycles. The summed E-state index contributed by atoms with van der Waals surface area (Å²) in [5.41, 5.74) is 6.76. The summed E-state index contributed by atoms with van der Waals surface area (Å²) in [6.45, 7) is 4.04. The molecule has 4 heteroatoms. The highest BCUT2D eigenvalue weighted by Crippen LogP contribution is 2.19. The first kappa shape index (κ1) is 14.5. The molecule has 0 aliphatic heterocycles. The van der Waals surface area contributed by atoms with E-state index in [0.717, 1.165) is 11.4 Å². The Morgan fingerprint density at radius 3 is 2.33 bits per heavy atom. The predicted octanol–water partition coefficient (Wildman–Crippen LogP) is 2.03. The van der Waals surface area contributed by atoms with E-state index in [2.05, 4.69) is 0 Å². The van der Waals surface area contributed by atoms with Crippen LogP contribution in [0, 0.1) is 5.92 Å². The third-order valence-corrected chi connectivity index (χ3v) is 3.10. The zero-order valence-electron chi connectivity index (χ0n) is 11.5. The maximum Gasteiger partial charge on any atom is 0.228 e. The smallest absolute Gasteiger partial charge is 0.228 e. The van der Waals surface area contributed by atoms with E-state index in [9.17, 15) is 4.79 Å². The lowest BCUT2D eigenvalue weighted by Gasteiger charge is -2.21. The molecule has 0 bridgehead atoms. The molecular weight excluding hydrogens is 228 g/mol. The Morgan fingerprint density at radius 1 is 1.33 bits per heavy atom. The first-order valence-corrected chi connectivity index (χ1v) is 6.12. The van der Waals surface area contributed by atoms with Gasteiger partial charge >= 0.3 is 0 Å². The van der Waals surface area contributed by atoms with Gasteiger partial charge in [0.05, 0.1) is 7.11 Å². The van der Waals surface area contributed by atoms with Crippen molar-refractivity contribution < 1.29 is 9.53 Å². The molecule has 0 saturated heterocycles. The molecule has 4 nitrogen and oxygen atoms in total. The van der Waals surface area contributed by atoms with Gasteiger partial charge in [-0.2, -0.15) is 0 Å². The van der Waals surface area contributed by atoms with Crippen LogP contribution in [0.15, 0.2) is 24.3 Å². The zero-order chi connectivity index (χ0) is 13.7. The summed E-state index contributed by atoms with van der Waals surface area (Å²) in [4.78, 5) is 13.7. The molecule has 0 aliphatic rings. The Morgan fingerprint density at radius 2 is 1.89 bits per heavy atom. The standard InChI is InChI=1S/C14H22N2O2/c1-10(2)13(15)9-14(17)16(3)11-5-7-12(18-4)8-6-11/h5-8,10,13H,9,15H2,1-4H3. The van der Waals surface area contributed by atoms with Crippen molar-refractivity contribution in [3.8, 4) is 5.75 Å². The van der Waals surface area contributed by atoms with E-state index in [1.807, 2.05) is 38.1 Å². The van der Waals surface area contributed by atoms with Gasteiger partial charge in [0, 0.05) is 25.2 Å². The number of hydrogen-bond acceptors (Lipinski definition) is 3. The maximum atomic E-state index is 12.0. The highest BCUT2D eigenvalue weighted by molar-refractivity contribution is 5.93. The number of methoxy groups -OCH3 is 1. The molecule has 0 spiro atoms. The molecule has 1 atom stereocenters. The highest BCUT2D eigenvalue weighted by atomic mass is 16.5. The van der Waals surface area contributed by atoms with Crippen molar-refractivity contribution in [2.45, 2.75) is 26.3 Å². The largest absolute Gasteiger partial charge is 0.497 e. The van der Waals surface area contributed by atoms with Crippen LogP contribution < -0.4 is 15.4 Å². The molecule has 1 aromatic rings. The molecule has 100 valence electrons. The minimum atomic E-state index is -0.0989. The quantitative estimate of drug-likeness (QED) is 0.870. The molecular formula is C14H22N2O2. The van der Waals surface area contributed by atoms with Crippen molar-refractivity contribution in [1.29, 1.82) is 0 Å². The number of carbonyl (C=O) groups is 1. The van der Waals surface area contributed by atoms with Gasteiger partial charge in [-0.15, -0.1) is 0 Å². The van der Waals surface area contributed by atoms with E-state index >= 15 is 0 Å². The minimum Gasteiger partial charge on any atom is -0.497 e. The van der Waals surface area contributed by atoms with Crippen LogP contribution in [0.25, 0.3) is 0 Å². The molecule has 18 heavy (non-hydrogen) atoms. The van der Waals surface area contributed by atoms with Gasteiger partial charge in [0.25, 0.3) is 0 Å². The van der Waals surface area contributed by atoms with Crippen molar-refractivity contribution in [3.05, 3.63) is 24.3 Å². The fourth-order valence-corrected chi connectivity index (χ4v) is 1.52. The highest BCUT2D eigenvalue weighted by Gasteiger charge is 2.17. The monoisotopic (exact) mass is 250 g/mol. The molecule has 1 amide bonds. The average molecular weight is 250 g/mol. The average Bonchev–Trinajstić information content (AvgIpc) is 2.37. The summed E-state index contributed by atoms with van der Waals surface area (Å²) in [5, 5.41) is 0. The summed E-state index contributed by atoms with van der Waals surface area (Å²) >= 11 is 0. The third kappa shape index (κ3) is 3.74.